The Morgan fingerprint density at radius 2 is 1.88 bits per heavy atom. The summed E-state index contributed by atoms with van der Waals surface area (Å²) in [5.41, 5.74) is 5.85. The van der Waals surface area contributed by atoms with Crippen LogP contribution in [-0.4, -0.2) is 30.4 Å². The maximum Gasteiger partial charge on any atom is 0.133 e. The molecule has 1 aliphatic heterocycles. The van der Waals surface area contributed by atoms with Gasteiger partial charge in [0.15, 0.2) is 0 Å². The third-order valence-electron chi connectivity index (χ3n) is 4.84. The molecular formula is C21H23BrN4. The largest absolute Gasteiger partial charge is 0.378 e. The smallest absolute Gasteiger partial charge is 0.133 e. The molecule has 1 aromatic heterocycles. The first-order valence-corrected chi connectivity index (χ1v) is 9.82. The van der Waals surface area contributed by atoms with Gasteiger partial charge in [0, 0.05) is 41.9 Å². The molecule has 26 heavy (non-hydrogen) atoms. The third kappa shape index (κ3) is 3.23. The first-order valence-electron chi connectivity index (χ1n) is 9.03. The van der Waals surface area contributed by atoms with Gasteiger partial charge in [0.05, 0.1) is 11.4 Å². The van der Waals surface area contributed by atoms with Crippen LogP contribution in [0.3, 0.4) is 0 Å². The van der Waals surface area contributed by atoms with Crippen LogP contribution in [-0.2, 0) is 6.42 Å². The minimum Gasteiger partial charge on any atom is -0.378 e. The van der Waals surface area contributed by atoms with Crippen LogP contribution in [0.5, 0.6) is 0 Å². The minimum absolute atomic E-state index is 0.992. The molecule has 4 rings (SSSR count). The van der Waals surface area contributed by atoms with Gasteiger partial charge in [-0.25, -0.2) is 4.68 Å². The van der Waals surface area contributed by atoms with Gasteiger partial charge in [-0.05, 0) is 55.7 Å². The van der Waals surface area contributed by atoms with E-state index >= 15 is 0 Å². The molecule has 0 amide bonds. The molecular weight excluding hydrogens is 388 g/mol. The van der Waals surface area contributed by atoms with Gasteiger partial charge in [0.2, 0.25) is 0 Å². The lowest BCUT2D eigenvalue weighted by molar-refractivity contribution is 0.780. The van der Waals surface area contributed by atoms with Crippen molar-refractivity contribution in [3.63, 3.8) is 0 Å². The molecule has 2 heterocycles. The van der Waals surface area contributed by atoms with Crippen molar-refractivity contribution >= 4 is 27.4 Å². The molecule has 4 nitrogen and oxygen atoms in total. The van der Waals surface area contributed by atoms with Crippen LogP contribution in [0, 0.1) is 0 Å². The molecule has 0 saturated heterocycles. The maximum atomic E-state index is 5.02. The van der Waals surface area contributed by atoms with Crippen LogP contribution in [0.25, 0.3) is 16.9 Å². The first-order chi connectivity index (χ1) is 12.6. The SMILES string of the molecule is CN(C)c1cccc(-c2nn(-c3ccc(Br)cc3)c3c2CCCCN3)c1. The van der Waals surface area contributed by atoms with E-state index in [1.807, 2.05) is 0 Å². The predicted molar refractivity (Wildman–Crippen MR) is 112 cm³/mol. The Morgan fingerprint density at radius 1 is 1.08 bits per heavy atom. The van der Waals surface area contributed by atoms with Crippen molar-refractivity contribution in [1.29, 1.82) is 0 Å². The van der Waals surface area contributed by atoms with Gasteiger partial charge in [0.1, 0.15) is 5.82 Å². The summed E-state index contributed by atoms with van der Waals surface area (Å²) in [6.07, 6.45) is 3.43. The average molecular weight is 411 g/mol. The number of anilines is 2. The van der Waals surface area contributed by atoms with Crippen LogP contribution < -0.4 is 10.2 Å². The Hall–Kier alpha value is -2.27. The third-order valence-corrected chi connectivity index (χ3v) is 5.37. The number of rotatable bonds is 3. The maximum absolute atomic E-state index is 5.02. The predicted octanol–water partition coefficient (Wildman–Crippen LogP) is 5.12. The summed E-state index contributed by atoms with van der Waals surface area (Å²) in [5.74, 6) is 1.13. The highest BCUT2D eigenvalue weighted by atomic mass is 79.9. The number of nitrogens with zero attached hydrogens (tertiary/aromatic N) is 3. The van der Waals surface area contributed by atoms with Crippen LogP contribution in [0.4, 0.5) is 11.5 Å². The van der Waals surface area contributed by atoms with Crippen molar-refractivity contribution in [1.82, 2.24) is 9.78 Å². The zero-order chi connectivity index (χ0) is 18.1. The lowest BCUT2D eigenvalue weighted by Gasteiger charge is -2.13. The molecule has 0 radical (unpaired) electrons. The lowest BCUT2D eigenvalue weighted by Crippen LogP contribution is -2.08. The fraction of sp³-hybridized carbons (Fsp3) is 0.286. The van der Waals surface area contributed by atoms with Crippen LogP contribution in [0.15, 0.2) is 53.0 Å². The quantitative estimate of drug-likeness (QED) is 0.650. The van der Waals surface area contributed by atoms with Crippen LogP contribution in [0.2, 0.25) is 0 Å². The number of aromatic nitrogens is 2. The number of halogens is 1. The van der Waals surface area contributed by atoms with Gasteiger partial charge in [-0.1, -0.05) is 28.1 Å². The summed E-state index contributed by atoms with van der Waals surface area (Å²) >= 11 is 3.52. The van der Waals surface area contributed by atoms with E-state index in [9.17, 15) is 0 Å². The van der Waals surface area contributed by atoms with Gasteiger partial charge in [-0.15, -0.1) is 0 Å². The van der Waals surface area contributed by atoms with Gasteiger partial charge >= 0.3 is 0 Å². The molecule has 134 valence electrons. The summed E-state index contributed by atoms with van der Waals surface area (Å²) < 4.78 is 3.14. The molecule has 5 heteroatoms. The van der Waals surface area contributed by atoms with Crippen LogP contribution >= 0.6 is 15.9 Å². The number of benzene rings is 2. The molecule has 2 aromatic carbocycles. The van der Waals surface area contributed by atoms with Gasteiger partial charge < -0.3 is 10.2 Å². The summed E-state index contributed by atoms with van der Waals surface area (Å²) in [6, 6.07) is 16.9. The van der Waals surface area contributed by atoms with Crippen molar-refractivity contribution in [2.45, 2.75) is 19.3 Å². The Morgan fingerprint density at radius 3 is 2.65 bits per heavy atom. The van der Waals surface area contributed by atoms with E-state index in [1.54, 1.807) is 0 Å². The first kappa shape index (κ1) is 17.2. The van der Waals surface area contributed by atoms with E-state index in [4.69, 9.17) is 5.10 Å². The minimum atomic E-state index is 0.992. The lowest BCUT2D eigenvalue weighted by atomic mass is 10.0. The zero-order valence-electron chi connectivity index (χ0n) is 15.2. The second-order valence-electron chi connectivity index (χ2n) is 6.89. The Kier molecular flexibility index (Phi) is 4.72. The van der Waals surface area contributed by atoms with Gasteiger partial charge in [-0.2, -0.15) is 5.10 Å². The van der Waals surface area contributed by atoms with E-state index in [1.165, 1.54) is 29.7 Å². The topological polar surface area (TPSA) is 33.1 Å². The number of hydrogen-bond acceptors (Lipinski definition) is 3. The Labute approximate surface area is 163 Å². The zero-order valence-corrected chi connectivity index (χ0v) is 16.8. The van der Waals surface area contributed by atoms with Crippen molar-refractivity contribution in [3.05, 3.63) is 58.6 Å². The number of fused-ring (bicyclic) bond motifs is 1. The molecule has 1 aliphatic rings. The fourth-order valence-electron chi connectivity index (χ4n) is 3.43. The van der Waals surface area contributed by atoms with E-state index in [2.05, 4.69) is 93.5 Å². The summed E-state index contributed by atoms with van der Waals surface area (Å²) in [5, 5.41) is 8.64. The molecule has 0 bridgehead atoms. The Bertz CT molecular complexity index is 912. The summed E-state index contributed by atoms with van der Waals surface area (Å²) in [7, 11) is 4.14. The van der Waals surface area contributed by atoms with E-state index in [-0.39, 0.29) is 0 Å². The molecule has 0 unspecified atom stereocenters. The summed E-state index contributed by atoms with van der Waals surface area (Å²) in [6.45, 7) is 0.992. The van der Waals surface area contributed by atoms with Gasteiger partial charge in [-0.3, -0.25) is 0 Å². The molecule has 0 spiro atoms. The molecule has 0 atom stereocenters. The average Bonchev–Trinajstić information content (AvgIpc) is 2.84. The highest BCUT2D eigenvalue weighted by Crippen LogP contribution is 2.35. The highest BCUT2D eigenvalue weighted by Gasteiger charge is 2.21. The second kappa shape index (κ2) is 7.16. The van der Waals surface area contributed by atoms with Crippen molar-refractivity contribution in [2.75, 3.05) is 30.9 Å². The molecule has 1 N–H and O–H groups in total. The molecule has 0 saturated carbocycles. The summed E-state index contributed by atoms with van der Waals surface area (Å²) in [4.78, 5) is 2.13. The van der Waals surface area contributed by atoms with Crippen molar-refractivity contribution < 1.29 is 0 Å². The fourth-order valence-corrected chi connectivity index (χ4v) is 3.70. The number of nitrogens with one attached hydrogen (secondary N) is 1. The van der Waals surface area contributed by atoms with Gasteiger partial charge in [0.25, 0.3) is 0 Å². The normalized spacial score (nSPS) is 13.7. The number of hydrogen-bond donors (Lipinski definition) is 1. The Balaban J connectivity index is 1.87. The molecule has 0 fully saturated rings. The van der Waals surface area contributed by atoms with Crippen molar-refractivity contribution in [3.8, 4) is 16.9 Å². The standard InChI is InChI=1S/C21H23BrN4/c1-25(2)18-7-5-6-15(14-18)20-19-8-3-4-13-23-21(19)26(24-20)17-11-9-16(22)10-12-17/h5-7,9-12,14,23H,3-4,8,13H2,1-2H3. The highest BCUT2D eigenvalue weighted by molar-refractivity contribution is 9.10. The van der Waals surface area contributed by atoms with E-state index in [0.29, 0.717) is 0 Å². The monoisotopic (exact) mass is 410 g/mol. The molecule has 3 aromatic rings. The second-order valence-corrected chi connectivity index (χ2v) is 7.81. The van der Waals surface area contributed by atoms with E-state index < -0.39 is 0 Å². The van der Waals surface area contributed by atoms with Crippen molar-refractivity contribution in [2.24, 2.45) is 0 Å². The van der Waals surface area contributed by atoms with E-state index in [0.717, 1.165) is 34.6 Å². The van der Waals surface area contributed by atoms with Crippen LogP contribution in [0.1, 0.15) is 18.4 Å². The molecule has 0 aliphatic carbocycles.